The van der Waals surface area contributed by atoms with Crippen LogP contribution in [0.3, 0.4) is 0 Å². The Hall–Kier alpha value is -3.01. The molecule has 0 aromatic heterocycles. The first-order valence-electron chi connectivity index (χ1n) is 12.1. The number of hydrogen-bond acceptors (Lipinski definition) is 9. The number of ether oxygens (including phenoxy) is 4. The van der Waals surface area contributed by atoms with Gasteiger partial charge in [0.05, 0.1) is 19.2 Å². The number of fused-ring (bicyclic) bond motifs is 9. The molecule has 0 aliphatic carbocycles. The second-order valence-electron chi connectivity index (χ2n) is 9.92. The minimum atomic E-state index is -0.386. The fourth-order valence-corrected chi connectivity index (χ4v) is 6.71. The topological polar surface area (TPSA) is 116 Å². The van der Waals surface area contributed by atoms with Gasteiger partial charge in [-0.25, -0.2) is 0 Å². The van der Waals surface area contributed by atoms with E-state index in [1.54, 1.807) is 7.11 Å². The van der Waals surface area contributed by atoms with E-state index in [2.05, 4.69) is 16.3 Å². The molecule has 0 radical (unpaired) electrons. The number of nitrogens with zero attached hydrogens (tertiary/aromatic N) is 1. The number of phenols is 1. The Morgan fingerprint density at radius 3 is 2.71 bits per heavy atom. The third kappa shape index (κ3) is 3.15. The molecule has 9 heteroatoms. The summed E-state index contributed by atoms with van der Waals surface area (Å²) in [4.78, 5) is 14.5. The molecule has 0 spiro atoms. The molecule has 9 nitrogen and oxygen atoms in total. The molecule has 2 bridgehead atoms. The number of nitrogens with two attached hydrogens (primary N) is 1. The summed E-state index contributed by atoms with van der Waals surface area (Å²) < 4.78 is 23.0. The van der Waals surface area contributed by atoms with Gasteiger partial charge in [0.1, 0.15) is 5.75 Å². The van der Waals surface area contributed by atoms with E-state index in [1.807, 2.05) is 13.8 Å². The Balaban J connectivity index is 1.54. The lowest BCUT2D eigenvalue weighted by molar-refractivity contribution is -0.132. The quantitative estimate of drug-likeness (QED) is 0.448. The predicted octanol–water partition coefficient (Wildman–Crippen LogP) is 2.17. The number of nitrogens with one attached hydrogen (secondary N) is 1. The SMILES string of the molecule is COc1c(C)cc2c(c1O)[C@H]1N[C@@H](C2)CN2C(CN)c3c(c(OC(C)=O)c(C)c4c3OCO4)CC12. The van der Waals surface area contributed by atoms with Gasteiger partial charge < -0.3 is 35.1 Å². The third-order valence-corrected chi connectivity index (χ3v) is 7.96. The summed E-state index contributed by atoms with van der Waals surface area (Å²) in [7, 11) is 1.58. The summed E-state index contributed by atoms with van der Waals surface area (Å²) in [5.41, 5.74) is 12.0. The average Bonchev–Trinajstić information content (AvgIpc) is 3.30. The highest BCUT2D eigenvalue weighted by atomic mass is 16.7. The second-order valence-corrected chi connectivity index (χ2v) is 9.92. The fourth-order valence-electron chi connectivity index (χ4n) is 6.71. The van der Waals surface area contributed by atoms with Crippen LogP contribution in [0.5, 0.6) is 28.7 Å². The molecule has 0 saturated carbocycles. The molecule has 0 amide bonds. The van der Waals surface area contributed by atoms with Gasteiger partial charge in [-0.15, -0.1) is 0 Å². The van der Waals surface area contributed by atoms with Crippen LogP contribution in [0.15, 0.2) is 6.07 Å². The summed E-state index contributed by atoms with van der Waals surface area (Å²) in [5, 5.41) is 15.0. The molecule has 1 saturated heterocycles. The summed E-state index contributed by atoms with van der Waals surface area (Å²) in [6, 6.07) is 2.06. The van der Waals surface area contributed by atoms with E-state index in [-0.39, 0.29) is 42.7 Å². The van der Waals surface area contributed by atoms with E-state index in [4.69, 9.17) is 24.7 Å². The van der Waals surface area contributed by atoms with Crippen molar-refractivity contribution in [2.24, 2.45) is 5.73 Å². The largest absolute Gasteiger partial charge is 0.504 e. The van der Waals surface area contributed by atoms with Gasteiger partial charge in [-0.2, -0.15) is 0 Å². The second kappa shape index (κ2) is 8.01. The molecule has 4 aliphatic heterocycles. The lowest BCUT2D eigenvalue weighted by Crippen LogP contribution is -2.64. The van der Waals surface area contributed by atoms with E-state index in [9.17, 15) is 9.90 Å². The van der Waals surface area contributed by atoms with Gasteiger partial charge in [-0.3, -0.25) is 9.69 Å². The number of rotatable bonds is 3. The lowest BCUT2D eigenvalue weighted by atomic mass is 9.75. The van der Waals surface area contributed by atoms with E-state index in [0.29, 0.717) is 36.0 Å². The Morgan fingerprint density at radius 1 is 1.23 bits per heavy atom. The molecule has 1 fully saturated rings. The Morgan fingerprint density at radius 2 is 2.00 bits per heavy atom. The molecular formula is C26H31N3O6. The smallest absolute Gasteiger partial charge is 0.308 e. The molecular weight excluding hydrogens is 450 g/mol. The number of piperazine rings is 1. The lowest BCUT2D eigenvalue weighted by Gasteiger charge is -2.54. The number of aromatic hydroxyl groups is 1. The maximum absolute atomic E-state index is 12.1. The van der Waals surface area contributed by atoms with Crippen molar-refractivity contribution in [1.29, 1.82) is 0 Å². The number of carbonyl (C=O) groups is 1. The van der Waals surface area contributed by atoms with Crippen LogP contribution in [0, 0.1) is 13.8 Å². The van der Waals surface area contributed by atoms with Crippen molar-refractivity contribution in [3.8, 4) is 28.7 Å². The van der Waals surface area contributed by atoms with Gasteiger partial charge in [0.2, 0.25) is 6.79 Å². The van der Waals surface area contributed by atoms with E-state index < -0.39 is 0 Å². The monoisotopic (exact) mass is 481 g/mol. The van der Waals surface area contributed by atoms with Crippen molar-refractivity contribution in [2.45, 2.75) is 57.8 Å². The van der Waals surface area contributed by atoms with Crippen molar-refractivity contribution in [3.63, 3.8) is 0 Å². The fraction of sp³-hybridized carbons (Fsp3) is 0.500. The van der Waals surface area contributed by atoms with Gasteiger partial charge in [0, 0.05) is 54.4 Å². The van der Waals surface area contributed by atoms with Crippen molar-refractivity contribution in [3.05, 3.63) is 39.4 Å². The highest BCUT2D eigenvalue weighted by Gasteiger charge is 2.50. The van der Waals surface area contributed by atoms with Crippen LogP contribution in [0.2, 0.25) is 0 Å². The zero-order chi connectivity index (χ0) is 24.6. The number of carbonyl (C=O) groups excluding carboxylic acids is 1. The number of benzene rings is 2. The Labute approximate surface area is 204 Å². The van der Waals surface area contributed by atoms with Crippen molar-refractivity contribution < 1.29 is 28.8 Å². The molecule has 4 N–H and O–H groups in total. The highest BCUT2D eigenvalue weighted by Crippen LogP contribution is 2.55. The van der Waals surface area contributed by atoms with Crippen LogP contribution in [-0.4, -0.2) is 55.1 Å². The molecule has 2 unspecified atom stereocenters. The number of aryl methyl sites for hydroxylation is 1. The predicted molar refractivity (Wildman–Crippen MR) is 127 cm³/mol. The van der Waals surface area contributed by atoms with Crippen molar-refractivity contribution >= 4 is 5.97 Å². The van der Waals surface area contributed by atoms with Crippen LogP contribution in [-0.2, 0) is 17.6 Å². The number of phenolic OH excluding ortho intramolecular Hbond substituents is 1. The van der Waals surface area contributed by atoms with Crippen LogP contribution in [0.25, 0.3) is 0 Å². The molecule has 6 rings (SSSR count). The van der Waals surface area contributed by atoms with Gasteiger partial charge in [-0.1, -0.05) is 6.07 Å². The molecule has 4 heterocycles. The van der Waals surface area contributed by atoms with Crippen molar-refractivity contribution in [2.75, 3.05) is 27.0 Å². The normalized spacial score (nSPS) is 26.0. The maximum atomic E-state index is 12.1. The molecule has 4 atom stereocenters. The number of esters is 1. The highest BCUT2D eigenvalue weighted by molar-refractivity contribution is 5.74. The zero-order valence-electron chi connectivity index (χ0n) is 20.4. The Bertz CT molecular complexity index is 1240. The molecule has 2 aromatic carbocycles. The summed E-state index contributed by atoms with van der Waals surface area (Å²) in [6.45, 7) is 6.56. The van der Waals surface area contributed by atoms with Crippen molar-refractivity contribution in [1.82, 2.24) is 10.2 Å². The summed E-state index contributed by atoms with van der Waals surface area (Å²) in [5.74, 6) is 2.16. The molecule has 186 valence electrons. The minimum Gasteiger partial charge on any atom is -0.504 e. The van der Waals surface area contributed by atoms with Crippen LogP contribution in [0.4, 0.5) is 0 Å². The third-order valence-electron chi connectivity index (χ3n) is 7.96. The van der Waals surface area contributed by atoms with E-state index in [0.717, 1.165) is 46.3 Å². The first-order valence-corrected chi connectivity index (χ1v) is 12.1. The van der Waals surface area contributed by atoms with E-state index >= 15 is 0 Å². The first-order chi connectivity index (χ1) is 16.8. The zero-order valence-corrected chi connectivity index (χ0v) is 20.4. The molecule has 35 heavy (non-hydrogen) atoms. The van der Waals surface area contributed by atoms with Gasteiger partial charge in [0.25, 0.3) is 0 Å². The average molecular weight is 482 g/mol. The first kappa shape index (κ1) is 22.5. The summed E-state index contributed by atoms with van der Waals surface area (Å²) in [6.07, 6.45) is 1.41. The van der Waals surface area contributed by atoms with Gasteiger partial charge in [-0.05, 0) is 37.8 Å². The van der Waals surface area contributed by atoms with Gasteiger partial charge >= 0.3 is 5.97 Å². The minimum absolute atomic E-state index is 0.0151. The standard InChI is InChI=1S/C26H31N3O6/c1-11-5-14-6-15-9-29-17(21(28-15)19(14)22(31)23(11)32-4)7-16-20(18(29)8-27)26-25(33-10-34-26)12(2)24(16)35-13(3)30/h5,15,17-18,21,28,31H,6-10,27H2,1-4H3/t15-,17?,18?,21-/m0/s1. The van der Waals surface area contributed by atoms with Crippen LogP contribution < -0.4 is 30.0 Å². The van der Waals surface area contributed by atoms with Gasteiger partial charge in [0.15, 0.2) is 23.0 Å². The van der Waals surface area contributed by atoms with Crippen LogP contribution >= 0.6 is 0 Å². The van der Waals surface area contributed by atoms with E-state index in [1.165, 1.54) is 6.92 Å². The molecule has 4 aliphatic rings. The number of hydrogen-bond donors (Lipinski definition) is 3. The van der Waals surface area contributed by atoms with Crippen LogP contribution in [0.1, 0.15) is 52.4 Å². The maximum Gasteiger partial charge on any atom is 0.308 e. The molecule has 2 aromatic rings. The number of methoxy groups -OCH3 is 1. The summed E-state index contributed by atoms with van der Waals surface area (Å²) >= 11 is 0. The Kier molecular flexibility index (Phi) is 5.14.